The van der Waals surface area contributed by atoms with Crippen molar-refractivity contribution in [2.75, 3.05) is 40.1 Å². The minimum Gasteiger partial charge on any atom is -0.497 e. The zero-order valence-electron chi connectivity index (χ0n) is 42.3. The summed E-state index contributed by atoms with van der Waals surface area (Å²) in [6.45, 7) is 17.5. The largest absolute Gasteiger partial charge is 0.497 e. The first-order valence-electron chi connectivity index (χ1n) is 24.2. The number of aromatic nitrogens is 1. The smallest absolute Gasteiger partial charge is 0.408 e. The van der Waals surface area contributed by atoms with Crippen LogP contribution < -0.4 is 30.1 Å². The molecule has 6 atom stereocenters. The van der Waals surface area contributed by atoms with Crippen LogP contribution in [0.15, 0.2) is 43.1 Å². The third-order valence-corrected chi connectivity index (χ3v) is 14.0. The highest BCUT2D eigenvalue weighted by Crippen LogP contribution is 2.46. The monoisotopic (exact) mass is 1030 g/mol. The van der Waals surface area contributed by atoms with Crippen LogP contribution in [0.3, 0.4) is 0 Å². The summed E-state index contributed by atoms with van der Waals surface area (Å²) in [4.78, 5) is 84.3. The van der Waals surface area contributed by atoms with Gasteiger partial charge in [-0.05, 0) is 135 Å². The number of nitrogens with one attached hydrogen (secondary N) is 4. The van der Waals surface area contributed by atoms with Gasteiger partial charge in [0.2, 0.25) is 17.7 Å². The van der Waals surface area contributed by atoms with Crippen LogP contribution in [0.4, 0.5) is 9.59 Å². The van der Waals surface area contributed by atoms with E-state index in [0.717, 1.165) is 5.39 Å². The number of carbonyl (C=O) groups excluding carboxylic acids is 5. The zero-order chi connectivity index (χ0) is 52.8. The number of aliphatic carboxylic acids is 1. The lowest BCUT2D eigenvalue weighted by Crippen LogP contribution is -2.59. The van der Waals surface area contributed by atoms with E-state index in [2.05, 4.69) is 27.5 Å². The van der Waals surface area contributed by atoms with Gasteiger partial charge in [-0.15, -0.1) is 6.58 Å². The summed E-state index contributed by atoms with van der Waals surface area (Å²) in [5.41, 5.74) is -4.02. The molecule has 0 spiro atoms. The molecule has 72 heavy (non-hydrogen) atoms. The first-order chi connectivity index (χ1) is 33.7. The Kier molecular flexibility index (Phi) is 17.4. The van der Waals surface area contributed by atoms with Crippen molar-refractivity contribution in [2.45, 2.75) is 146 Å². The molecule has 0 bridgehead atoms. The number of hydrogen-bond donors (Lipinski definition) is 5. The number of carboxylic acids is 1. The topological polar surface area (TPSA) is 286 Å². The van der Waals surface area contributed by atoms with Gasteiger partial charge in [-0.2, -0.15) is 8.42 Å². The van der Waals surface area contributed by atoms with E-state index >= 15 is 0 Å². The number of methoxy groups -OCH3 is 1. The van der Waals surface area contributed by atoms with Crippen molar-refractivity contribution in [3.8, 4) is 11.6 Å². The molecule has 2 aromatic rings. The minimum absolute atomic E-state index is 0.00501. The lowest BCUT2D eigenvalue weighted by molar-refractivity contribution is -0.142. The number of pyridine rings is 1. The molecule has 23 heteroatoms. The number of amides is 5. The van der Waals surface area contributed by atoms with Crippen LogP contribution in [-0.4, -0.2) is 146 Å². The fourth-order valence-electron chi connectivity index (χ4n) is 8.88. The molecule has 4 heterocycles. The van der Waals surface area contributed by atoms with Crippen molar-refractivity contribution in [2.24, 2.45) is 17.8 Å². The van der Waals surface area contributed by atoms with Gasteiger partial charge < -0.3 is 54.4 Å². The molecule has 5 fully saturated rings. The van der Waals surface area contributed by atoms with Gasteiger partial charge in [-0.25, -0.2) is 28.3 Å². The molecule has 0 unspecified atom stereocenters. The van der Waals surface area contributed by atoms with Gasteiger partial charge in [0, 0.05) is 50.3 Å². The molecule has 398 valence electrons. The van der Waals surface area contributed by atoms with Crippen LogP contribution in [0.5, 0.6) is 11.6 Å². The molecule has 5 aliphatic rings. The molecule has 7 rings (SSSR count). The maximum atomic E-state index is 14.7. The molecule has 1 aromatic carbocycles. The van der Waals surface area contributed by atoms with E-state index in [1.165, 1.54) is 11.0 Å². The van der Waals surface area contributed by atoms with Crippen LogP contribution >= 0.6 is 0 Å². The summed E-state index contributed by atoms with van der Waals surface area (Å²) >= 11 is 0. The SMILES string of the molecule is C=C[C@@H]1C[C@]1(NC(=O)[C@@H]1C[C@@H](Oc2nccc3cc(OC)ccc23)CN1C(=O)[C@@H](NC(=O)OC(C)(C)C)C1CCOCC1)C(=O)NS(=O)(=O)OC1(C)CC1.CC(C)(C)OC(=O)N[C@H](C(=O)O)C1CCOCC1. The van der Waals surface area contributed by atoms with Crippen molar-refractivity contribution in [1.29, 1.82) is 0 Å². The van der Waals surface area contributed by atoms with Crippen molar-refractivity contribution < 1.29 is 74.9 Å². The van der Waals surface area contributed by atoms with Gasteiger partial charge in [0.05, 0.1) is 19.3 Å². The summed E-state index contributed by atoms with van der Waals surface area (Å²) < 4.78 is 65.7. The normalized spacial score (nSPS) is 23.9. The van der Waals surface area contributed by atoms with Crippen LogP contribution in [-0.2, 0) is 52.6 Å². The number of likely N-dealkylation sites (tertiary alicyclic amines) is 1. The molecule has 5 amide bonds. The Morgan fingerprint density at radius 1 is 0.889 bits per heavy atom. The third-order valence-electron chi connectivity index (χ3n) is 12.9. The summed E-state index contributed by atoms with van der Waals surface area (Å²) in [5.74, 6) is -3.37. The molecule has 3 saturated heterocycles. The Balaban J connectivity index is 0.000000397. The van der Waals surface area contributed by atoms with E-state index in [9.17, 15) is 37.2 Å². The second-order valence-corrected chi connectivity index (χ2v) is 22.4. The van der Waals surface area contributed by atoms with Gasteiger partial charge in [0.1, 0.15) is 46.7 Å². The molecule has 22 nitrogen and oxygen atoms in total. The van der Waals surface area contributed by atoms with Gasteiger partial charge in [-0.1, -0.05) is 6.08 Å². The van der Waals surface area contributed by atoms with E-state index in [1.807, 2.05) is 10.8 Å². The number of fused-ring (bicyclic) bond motifs is 1. The maximum Gasteiger partial charge on any atom is 0.408 e. The Morgan fingerprint density at radius 3 is 1.97 bits per heavy atom. The fourth-order valence-corrected chi connectivity index (χ4v) is 10.0. The molecule has 0 radical (unpaired) electrons. The first-order valence-corrected chi connectivity index (χ1v) is 25.6. The minimum atomic E-state index is -4.49. The summed E-state index contributed by atoms with van der Waals surface area (Å²) in [7, 11) is -2.93. The van der Waals surface area contributed by atoms with E-state index in [0.29, 0.717) is 76.1 Å². The van der Waals surface area contributed by atoms with Crippen molar-refractivity contribution >= 4 is 57.0 Å². The third kappa shape index (κ3) is 14.9. The number of ether oxygens (including phenoxy) is 6. The Labute approximate surface area is 420 Å². The molecule has 1 aromatic heterocycles. The number of benzene rings is 1. The average molecular weight is 1030 g/mol. The van der Waals surface area contributed by atoms with Crippen LogP contribution in [0, 0.1) is 17.8 Å². The number of rotatable bonds is 16. The molecular formula is C49H70N6O16S. The molecule has 3 aliphatic heterocycles. The van der Waals surface area contributed by atoms with Crippen molar-refractivity contribution in [3.05, 3.63) is 43.1 Å². The lowest BCUT2D eigenvalue weighted by Gasteiger charge is -2.35. The number of hydrogen-bond acceptors (Lipinski definition) is 16. The highest BCUT2D eigenvalue weighted by Gasteiger charge is 2.62. The summed E-state index contributed by atoms with van der Waals surface area (Å²) in [6, 6.07) is 4.03. The second-order valence-electron chi connectivity index (χ2n) is 21.1. The average Bonchev–Trinajstić information content (AvgIpc) is 4.17. The predicted octanol–water partition coefficient (Wildman–Crippen LogP) is 4.29. The number of nitrogens with zero attached hydrogens (tertiary/aromatic N) is 2. The quantitative estimate of drug-likeness (QED) is 0.147. The van der Waals surface area contributed by atoms with Gasteiger partial charge in [0.25, 0.3) is 5.91 Å². The maximum absolute atomic E-state index is 14.7. The highest BCUT2D eigenvalue weighted by atomic mass is 32.2. The standard InChI is InChI=1S/C37H49N5O11S.C12H21NO5/c1-7-24-20-37(24,33(45)41-54(47,48)53-36(5)13-14-36)40-30(43)28-19-26(51-31-27-9-8-25(49-6)18-23(27)10-15-38-31)21-42(28)32(44)29(22-11-16-50-17-12-22)39-34(46)52-35(2,3)4;1-12(2,3)18-11(16)13-9(10(14)15)8-4-6-17-7-5-8/h7-10,15,18,22,24,26,28-29H,1,11-14,16-17,19-21H2,2-6H3,(H,39,46)(H,40,43)(H,41,45);8-9H,4-7H2,1-3H3,(H,13,16)(H,14,15)/t24-,26-,28+,29+,37-;9-/m10/s1. The van der Waals surface area contributed by atoms with E-state index in [1.54, 1.807) is 80.0 Å². The second kappa shape index (κ2) is 22.5. The van der Waals surface area contributed by atoms with Crippen LogP contribution in [0.1, 0.15) is 99.8 Å². The Bertz CT molecular complexity index is 2440. The summed E-state index contributed by atoms with van der Waals surface area (Å²) in [5, 5.41) is 18.6. The fraction of sp³-hybridized carbons (Fsp3) is 0.653. The van der Waals surface area contributed by atoms with Crippen molar-refractivity contribution in [1.82, 2.24) is 30.6 Å². The predicted molar refractivity (Wildman–Crippen MR) is 259 cm³/mol. The van der Waals surface area contributed by atoms with Crippen LogP contribution in [0.25, 0.3) is 10.8 Å². The Morgan fingerprint density at radius 2 is 1.46 bits per heavy atom. The van der Waals surface area contributed by atoms with E-state index < -0.39 is 98.7 Å². The molecule has 2 saturated carbocycles. The first kappa shape index (κ1) is 55.5. The van der Waals surface area contributed by atoms with Gasteiger partial charge in [0.15, 0.2) is 0 Å². The highest BCUT2D eigenvalue weighted by molar-refractivity contribution is 7.85. The zero-order valence-corrected chi connectivity index (χ0v) is 43.1. The van der Waals surface area contributed by atoms with E-state index in [-0.39, 0.29) is 37.1 Å². The van der Waals surface area contributed by atoms with Crippen molar-refractivity contribution in [3.63, 3.8) is 0 Å². The van der Waals surface area contributed by atoms with Crippen LogP contribution in [0.2, 0.25) is 0 Å². The Hall–Kier alpha value is -5.78. The van der Waals surface area contributed by atoms with Gasteiger partial charge in [-0.3, -0.25) is 14.4 Å². The van der Waals surface area contributed by atoms with Gasteiger partial charge >= 0.3 is 28.5 Å². The summed E-state index contributed by atoms with van der Waals surface area (Å²) in [6.07, 6.45) is 4.15. The number of carbonyl (C=O) groups is 6. The molecular weight excluding hydrogens is 961 g/mol. The van der Waals surface area contributed by atoms with E-state index in [4.69, 9.17) is 37.7 Å². The number of alkyl carbamates (subject to hydrolysis) is 2. The molecule has 2 aliphatic carbocycles. The lowest BCUT2D eigenvalue weighted by atomic mass is 9.90. The number of carboxylic acid groups (broad SMARTS) is 1. The molecule has 5 N–H and O–H groups in total.